The molecule has 0 amide bonds. The van der Waals surface area contributed by atoms with Gasteiger partial charge in [0.1, 0.15) is 11.2 Å². The van der Waals surface area contributed by atoms with Crippen LogP contribution in [0.3, 0.4) is 0 Å². The summed E-state index contributed by atoms with van der Waals surface area (Å²) in [5.74, 6) is 1.15. The molecule has 0 bridgehead atoms. The Labute approximate surface area is 200 Å². The van der Waals surface area contributed by atoms with E-state index in [9.17, 15) is 9.59 Å². The topological polar surface area (TPSA) is 102 Å². The smallest absolute Gasteiger partial charge is 0.274 e. The highest BCUT2D eigenvalue weighted by Gasteiger charge is 2.25. The first-order valence-corrected chi connectivity index (χ1v) is 12.0. The Kier molecular flexibility index (Phi) is 5.16. The summed E-state index contributed by atoms with van der Waals surface area (Å²) in [6.45, 7) is 0. The fraction of sp³-hybridized carbons (Fsp3) is 0.333. The number of methoxy groups -OCH3 is 2. The number of fused-ring (bicyclic) bond motifs is 4. The molecule has 35 heavy (non-hydrogen) atoms. The van der Waals surface area contributed by atoms with E-state index in [4.69, 9.17) is 13.9 Å². The Morgan fingerprint density at radius 2 is 1.71 bits per heavy atom. The molecule has 0 atom stereocenters. The van der Waals surface area contributed by atoms with Crippen molar-refractivity contribution in [2.24, 2.45) is 0 Å². The van der Waals surface area contributed by atoms with Gasteiger partial charge in [0.05, 0.1) is 31.2 Å². The molecule has 180 valence electrons. The number of H-pyrrole nitrogens is 2. The maximum atomic E-state index is 13.5. The number of benzene rings is 2. The number of nitrogens with zero attached hydrogens (tertiary/aromatic N) is 1. The van der Waals surface area contributed by atoms with Crippen molar-refractivity contribution in [3.8, 4) is 22.6 Å². The third-order valence-electron chi connectivity index (χ3n) is 7.17. The van der Waals surface area contributed by atoms with E-state index in [1.807, 2.05) is 22.9 Å². The highest BCUT2D eigenvalue weighted by Crippen LogP contribution is 2.41. The van der Waals surface area contributed by atoms with E-state index in [1.165, 1.54) is 25.0 Å². The molecule has 8 heteroatoms. The molecule has 1 fully saturated rings. The van der Waals surface area contributed by atoms with E-state index in [0.717, 1.165) is 47.8 Å². The van der Waals surface area contributed by atoms with Crippen LogP contribution in [0.25, 0.3) is 44.2 Å². The molecule has 0 radical (unpaired) electrons. The lowest BCUT2D eigenvalue weighted by Crippen LogP contribution is -2.13. The molecular formula is C27H27N3O5. The van der Waals surface area contributed by atoms with E-state index in [1.54, 1.807) is 20.3 Å². The summed E-state index contributed by atoms with van der Waals surface area (Å²) in [5, 5.41) is 4.43. The first-order valence-electron chi connectivity index (χ1n) is 12.0. The van der Waals surface area contributed by atoms with Gasteiger partial charge >= 0.3 is 0 Å². The highest BCUT2D eigenvalue weighted by molar-refractivity contribution is 6.14. The molecular weight excluding hydrogens is 446 g/mol. The zero-order valence-electron chi connectivity index (χ0n) is 19.8. The van der Waals surface area contributed by atoms with Crippen molar-refractivity contribution in [1.29, 1.82) is 0 Å². The molecule has 1 aliphatic rings. The second kappa shape index (κ2) is 8.37. The molecule has 2 N–H and O–H groups in total. The zero-order chi connectivity index (χ0) is 24.1. The molecule has 5 aromatic rings. The van der Waals surface area contributed by atoms with Crippen LogP contribution >= 0.6 is 0 Å². The van der Waals surface area contributed by atoms with Gasteiger partial charge in [0.25, 0.3) is 5.56 Å². The van der Waals surface area contributed by atoms with Crippen molar-refractivity contribution in [3.05, 3.63) is 57.0 Å². The van der Waals surface area contributed by atoms with Crippen LogP contribution in [0.1, 0.15) is 44.6 Å². The lowest BCUT2D eigenvalue weighted by atomic mass is 10.0. The second-order valence-corrected chi connectivity index (χ2v) is 9.21. The van der Waals surface area contributed by atoms with Gasteiger partial charge in [-0.2, -0.15) is 0 Å². The van der Waals surface area contributed by atoms with Gasteiger partial charge < -0.3 is 18.9 Å². The number of pyridine rings is 1. The SMILES string of the molecule is COc1ccc(-c2c3oc4cc(=O)ccc4c3[nH]c3c2c(=O)[nH]n3C2CCCCCC2)cc1OC. The number of hydrogen-bond acceptors (Lipinski definition) is 5. The second-order valence-electron chi connectivity index (χ2n) is 9.21. The summed E-state index contributed by atoms with van der Waals surface area (Å²) >= 11 is 0. The average molecular weight is 474 g/mol. The van der Waals surface area contributed by atoms with Crippen molar-refractivity contribution < 1.29 is 13.9 Å². The third kappa shape index (κ3) is 3.43. The lowest BCUT2D eigenvalue weighted by molar-refractivity contribution is 0.355. The quantitative estimate of drug-likeness (QED) is 0.336. The number of nitrogens with one attached hydrogen (secondary N) is 2. The predicted molar refractivity (Wildman–Crippen MR) is 136 cm³/mol. The summed E-state index contributed by atoms with van der Waals surface area (Å²) in [6, 6.07) is 10.5. The van der Waals surface area contributed by atoms with Crippen LogP contribution in [0.4, 0.5) is 0 Å². The van der Waals surface area contributed by atoms with Crippen LogP contribution in [0.15, 0.2) is 50.4 Å². The standard InChI is InChI=1S/C27H27N3O5/c1-33-19-12-9-15(13-21(19)34-2)22-23-26(30(29-27(23)32)16-7-5-3-4-6-8-16)28-24-18-11-10-17(31)14-20(18)35-25(22)24/h9-14,16,28H,3-8H2,1-2H3,(H,29,32). The normalized spacial score (nSPS) is 15.1. The first kappa shape index (κ1) is 21.6. The number of aromatic nitrogens is 3. The maximum absolute atomic E-state index is 13.5. The van der Waals surface area contributed by atoms with E-state index in [0.29, 0.717) is 33.6 Å². The lowest BCUT2D eigenvalue weighted by Gasteiger charge is -2.17. The largest absolute Gasteiger partial charge is 0.493 e. The van der Waals surface area contributed by atoms with Gasteiger partial charge in [-0.3, -0.25) is 19.4 Å². The number of rotatable bonds is 4. The summed E-state index contributed by atoms with van der Waals surface area (Å²) < 4.78 is 19.2. The number of aromatic amines is 2. The molecule has 3 aromatic heterocycles. The third-order valence-corrected chi connectivity index (χ3v) is 7.17. The summed E-state index contributed by atoms with van der Waals surface area (Å²) in [5.41, 5.74) is 3.59. The first-order chi connectivity index (χ1) is 17.1. The van der Waals surface area contributed by atoms with Crippen molar-refractivity contribution in [3.63, 3.8) is 0 Å². The number of hydrogen-bond donors (Lipinski definition) is 2. The molecule has 1 saturated carbocycles. The molecule has 0 unspecified atom stereocenters. The molecule has 1 aliphatic carbocycles. The van der Waals surface area contributed by atoms with Gasteiger partial charge in [0.15, 0.2) is 22.5 Å². The molecule has 8 nitrogen and oxygen atoms in total. The van der Waals surface area contributed by atoms with Gasteiger partial charge in [-0.1, -0.05) is 31.7 Å². The summed E-state index contributed by atoms with van der Waals surface area (Å²) in [6.07, 6.45) is 6.74. The monoisotopic (exact) mass is 473 g/mol. The van der Waals surface area contributed by atoms with Crippen LogP contribution in [-0.2, 0) is 0 Å². The van der Waals surface area contributed by atoms with Crippen molar-refractivity contribution in [2.75, 3.05) is 14.2 Å². The fourth-order valence-electron chi connectivity index (χ4n) is 5.47. The fourth-order valence-corrected chi connectivity index (χ4v) is 5.47. The molecule has 2 aromatic carbocycles. The Morgan fingerprint density at radius 1 is 0.943 bits per heavy atom. The molecule has 0 saturated heterocycles. The minimum atomic E-state index is -0.183. The van der Waals surface area contributed by atoms with Gasteiger partial charge in [-0.05, 0) is 42.7 Å². The molecule has 3 heterocycles. The van der Waals surface area contributed by atoms with Crippen molar-refractivity contribution in [2.45, 2.75) is 44.6 Å². The van der Waals surface area contributed by atoms with Gasteiger partial charge in [-0.25, -0.2) is 0 Å². The van der Waals surface area contributed by atoms with Crippen molar-refractivity contribution in [1.82, 2.24) is 14.8 Å². The Bertz CT molecular complexity index is 1680. The van der Waals surface area contributed by atoms with Crippen LogP contribution in [0, 0.1) is 0 Å². The van der Waals surface area contributed by atoms with Gasteiger partial charge in [0, 0.05) is 17.0 Å². The van der Waals surface area contributed by atoms with Crippen LogP contribution in [0.5, 0.6) is 11.5 Å². The number of furan rings is 1. The minimum absolute atomic E-state index is 0.130. The van der Waals surface area contributed by atoms with Crippen LogP contribution in [0.2, 0.25) is 0 Å². The Hall–Kier alpha value is -3.94. The van der Waals surface area contributed by atoms with E-state index in [-0.39, 0.29) is 17.0 Å². The predicted octanol–water partition coefficient (Wildman–Crippen LogP) is 5.50. The Balaban J connectivity index is 1.73. The van der Waals surface area contributed by atoms with Crippen LogP contribution in [-0.4, -0.2) is 29.0 Å². The molecule has 6 rings (SSSR count). The van der Waals surface area contributed by atoms with E-state index < -0.39 is 0 Å². The Morgan fingerprint density at radius 3 is 2.46 bits per heavy atom. The van der Waals surface area contributed by atoms with E-state index >= 15 is 0 Å². The number of ether oxygens (including phenoxy) is 2. The minimum Gasteiger partial charge on any atom is -0.493 e. The zero-order valence-corrected chi connectivity index (χ0v) is 19.8. The molecule has 0 aliphatic heterocycles. The summed E-state index contributed by atoms with van der Waals surface area (Å²) in [4.78, 5) is 29.0. The summed E-state index contributed by atoms with van der Waals surface area (Å²) in [7, 11) is 3.17. The van der Waals surface area contributed by atoms with Gasteiger partial charge in [-0.15, -0.1) is 0 Å². The molecule has 0 spiro atoms. The average Bonchev–Trinajstić information content (AvgIpc) is 3.24. The van der Waals surface area contributed by atoms with Crippen LogP contribution < -0.4 is 20.5 Å². The maximum Gasteiger partial charge on any atom is 0.274 e. The van der Waals surface area contributed by atoms with Crippen molar-refractivity contribution >= 4 is 33.1 Å². The van der Waals surface area contributed by atoms with Gasteiger partial charge in [0.2, 0.25) is 0 Å². The van der Waals surface area contributed by atoms with E-state index in [2.05, 4.69) is 10.1 Å². The highest BCUT2D eigenvalue weighted by atomic mass is 16.5.